The summed E-state index contributed by atoms with van der Waals surface area (Å²) >= 11 is 0. The van der Waals surface area contributed by atoms with Crippen LogP contribution in [-0.4, -0.2) is 42.1 Å². The van der Waals surface area contributed by atoms with Gasteiger partial charge >= 0.3 is 0 Å². The summed E-state index contributed by atoms with van der Waals surface area (Å²) in [6.45, 7) is 3.67. The lowest BCUT2D eigenvalue weighted by Gasteiger charge is -2.27. The smallest absolute Gasteiger partial charge is 0.235 e. The van der Waals surface area contributed by atoms with Crippen LogP contribution in [0.4, 0.5) is 0 Å². The highest BCUT2D eigenvalue weighted by atomic mass is 16.5. The molecule has 1 amide bonds. The SMILES string of the molecule is C[C@@](C#N)(NC(=O)CN1CCC[C@H]1COc1ccccc1)C1CC1. The number of carbonyl (C=O) groups is 1. The predicted octanol–water partition coefficient (Wildman–Crippen LogP) is 2.34. The first-order valence-corrected chi connectivity index (χ1v) is 8.75. The third kappa shape index (κ3) is 4.07. The van der Waals surface area contributed by atoms with Crippen molar-refractivity contribution in [1.29, 1.82) is 5.26 Å². The van der Waals surface area contributed by atoms with Crippen molar-refractivity contribution in [2.45, 2.75) is 44.2 Å². The lowest BCUT2D eigenvalue weighted by Crippen LogP contribution is -2.51. The van der Waals surface area contributed by atoms with Gasteiger partial charge in [-0.15, -0.1) is 0 Å². The molecular weight excluding hydrogens is 302 g/mol. The van der Waals surface area contributed by atoms with E-state index < -0.39 is 5.54 Å². The number of likely N-dealkylation sites (tertiary alicyclic amines) is 1. The summed E-state index contributed by atoms with van der Waals surface area (Å²) in [5.41, 5.74) is -0.715. The van der Waals surface area contributed by atoms with Gasteiger partial charge in [0, 0.05) is 6.04 Å². The monoisotopic (exact) mass is 327 g/mol. The summed E-state index contributed by atoms with van der Waals surface area (Å²) in [7, 11) is 0. The third-order valence-electron chi connectivity index (χ3n) is 5.06. The molecule has 1 N–H and O–H groups in total. The maximum absolute atomic E-state index is 12.4. The number of nitrogens with one attached hydrogen (secondary N) is 1. The number of amides is 1. The number of nitrogens with zero attached hydrogens (tertiary/aromatic N) is 2. The number of hydrogen-bond acceptors (Lipinski definition) is 4. The Morgan fingerprint density at radius 1 is 1.38 bits per heavy atom. The lowest BCUT2D eigenvalue weighted by molar-refractivity contribution is -0.124. The molecule has 2 fully saturated rings. The van der Waals surface area contributed by atoms with Crippen molar-refractivity contribution in [1.82, 2.24) is 10.2 Å². The topological polar surface area (TPSA) is 65.4 Å². The molecule has 0 spiro atoms. The molecule has 5 heteroatoms. The number of hydrogen-bond donors (Lipinski definition) is 1. The van der Waals surface area contributed by atoms with Crippen LogP contribution in [0.5, 0.6) is 5.75 Å². The molecule has 3 rings (SSSR count). The minimum Gasteiger partial charge on any atom is -0.492 e. The first-order valence-electron chi connectivity index (χ1n) is 8.75. The maximum atomic E-state index is 12.4. The molecule has 1 aromatic rings. The lowest BCUT2D eigenvalue weighted by atomic mass is 9.98. The average Bonchev–Trinajstić information content (AvgIpc) is 3.36. The fourth-order valence-electron chi connectivity index (χ4n) is 3.40. The molecule has 24 heavy (non-hydrogen) atoms. The van der Waals surface area contributed by atoms with Crippen molar-refractivity contribution in [2.24, 2.45) is 5.92 Å². The van der Waals surface area contributed by atoms with Gasteiger partial charge in [-0.25, -0.2) is 0 Å². The Kier molecular flexibility index (Phi) is 5.06. The van der Waals surface area contributed by atoms with Crippen LogP contribution in [-0.2, 0) is 4.79 Å². The van der Waals surface area contributed by atoms with Gasteiger partial charge in [0.2, 0.25) is 5.91 Å². The number of benzene rings is 1. The predicted molar refractivity (Wildman–Crippen MR) is 91.4 cm³/mol. The van der Waals surface area contributed by atoms with Gasteiger partial charge in [-0.05, 0) is 57.2 Å². The molecule has 1 aliphatic heterocycles. The molecule has 1 heterocycles. The van der Waals surface area contributed by atoms with Crippen molar-refractivity contribution >= 4 is 5.91 Å². The van der Waals surface area contributed by atoms with Gasteiger partial charge in [0.1, 0.15) is 17.9 Å². The molecule has 0 radical (unpaired) electrons. The second-order valence-corrected chi connectivity index (χ2v) is 7.03. The summed E-state index contributed by atoms with van der Waals surface area (Å²) in [5.74, 6) is 1.11. The van der Waals surface area contributed by atoms with Crippen molar-refractivity contribution in [3.63, 3.8) is 0 Å². The number of para-hydroxylation sites is 1. The quantitative estimate of drug-likeness (QED) is 0.835. The largest absolute Gasteiger partial charge is 0.492 e. The van der Waals surface area contributed by atoms with Crippen LogP contribution in [0.3, 0.4) is 0 Å². The van der Waals surface area contributed by atoms with Crippen LogP contribution in [0.2, 0.25) is 0 Å². The van der Waals surface area contributed by atoms with E-state index in [1.54, 1.807) is 0 Å². The van der Waals surface area contributed by atoms with E-state index in [2.05, 4.69) is 16.3 Å². The van der Waals surface area contributed by atoms with Crippen LogP contribution in [0.25, 0.3) is 0 Å². The number of ether oxygens (including phenoxy) is 1. The molecule has 1 aliphatic carbocycles. The number of nitriles is 1. The molecule has 0 unspecified atom stereocenters. The van der Waals surface area contributed by atoms with E-state index in [4.69, 9.17) is 4.74 Å². The van der Waals surface area contributed by atoms with E-state index in [0.717, 1.165) is 38.0 Å². The summed E-state index contributed by atoms with van der Waals surface area (Å²) in [4.78, 5) is 14.6. The van der Waals surface area contributed by atoms with Crippen molar-refractivity contribution < 1.29 is 9.53 Å². The van der Waals surface area contributed by atoms with Crippen molar-refractivity contribution in [3.8, 4) is 11.8 Å². The van der Waals surface area contributed by atoms with Crippen molar-refractivity contribution in [2.75, 3.05) is 19.7 Å². The Morgan fingerprint density at radius 2 is 2.12 bits per heavy atom. The Labute approximate surface area is 143 Å². The maximum Gasteiger partial charge on any atom is 0.235 e. The Morgan fingerprint density at radius 3 is 2.79 bits per heavy atom. The standard InChI is InChI=1S/C19H25N3O2/c1-19(14-20,15-9-10-15)21-18(23)12-22-11-5-6-16(22)13-24-17-7-3-2-4-8-17/h2-4,7-8,15-16H,5-6,9-13H2,1H3,(H,21,23)/t16-,19-/m0/s1. The van der Waals surface area contributed by atoms with Gasteiger partial charge in [-0.3, -0.25) is 9.69 Å². The summed E-state index contributed by atoms with van der Waals surface area (Å²) in [5, 5.41) is 12.3. The van der Waals surface area contributed by atoms with E-state index in [0.29, 0.717) is 19.1 Å². The van der Waals surface area contributed by atoms with Crippen LogP contribution >= 0.6 is 0 Å². The Balaban J connectivity index is 1.50. The fourth-order valence-corrected chi connectivity index (χ4v) is 3.40. The minimum absolute atomic E-state index is 0.0578. The van der Waals surface area contributed by atoms with Crippen molar-refractivity contribution in [3.05, 3.63) is 30.3 Å². The van der Waals surface area contributed by atoms with Gasteiger partial charge < -0.3 is 10.1 Å². The normalized spacial score (nSPS) is 23.2. The first kappa shape index (κ1) is 16.8. The summed E-state index contributed by atoms with van der Waals surface area (Å²) in [6.07, 6.45) is 4.18. The third-order valence-corrected chi connectivity index (χ3v) is 5.06. The van der Waals surface area contributed by atoms with Crippen LogP contribution in [0, 0.1) is 17.2 Å². The zero-order valence-corrected chi connectivity index (χ0v) is 14.2. The van der Waals surface area contributed by atoms with Gasteiger partial charge in [0.05, 0.1) is 12.6 Å². The highest BCUT2D eigenvalue weighted by molar-refractivity contribution is 5.79. The van der Waals surface area contributed by atoms with Crippen LogP contribution in [0.15, 0.2) is 30.3 Å². The molecular formula is C19H25N3O2. The molecule has 0 aromatic heterocycles. The van der Waals surface area contributed by atoms with Gasteiger partial charge in [0.15, 0.2) is 0 Å². The second kappa shape index (κ2) is 7.23. The average molecular weight is 327 g/mol. The van der Waals surface area contributed by atoms with E-state index in [1.807, 2.05) is 37.3 Å². The highest BCUT2D eigenvalue weighted by Crippen LogP contribution is 2.39. The van der Waals surface area contributed by atoms with Crippen LogP contribution in [0.1, 0.15) is 32.6 Å². The first-order chi connectivity index (χ1) is 11.6. The van der Waals surface area contributed by atoms with E-state index in [-0.39, 0.29) is 11.9 Å². The molecule has 1 aromatic carbocycles. The fraction of sp³-hybridized carbons (Fsp3) is 0.579. The summed E-state index contributed by atoms with van der Waals surface area (Å²) in [6, 6.07) is 12.3. The molecule has 0 bridgehead atoms. The molecule has 1 saturated carbocycles. The molecule has 1 saturated heterocycles. The van der Waals surface area contributed by atoms with Gasteiger partial charge in [-0.2, -0.15) is 5.26 Å². The molecule has 5 nitrogen and oxygen atoms in total. The number of carbonyl (C=O) groups excluding carboxylic acids is 1. The minimum atomic E-state index is -0.715. The van der Waals surface area contributed by atoms with Crippen LogP contribution < -0.4 is 10.1 Å². The van der Waals surface area contributed by atoms with E-state index >= 15 is 0 Å². The Hall–Kier alpha value is -2.06. The number of rotatable bonds is 7. The zero-order valence-electron chi connectivity index (χ0n) is 14.2. The molecule has 2 atom stereocenters. The highest BCUT2D eigenvalue weighted by Gasteiger charge is 2.43. The molecule has 128 valence electrons. The summed E-state index contributed by atoms with van der Waals surface area (Å²) < 4.78 is 5.85. The Bertz CT molecular complexity index is 609. The van der Waals surface area contributed by atoms with Gasteiger partial charge in [-0.1, -0.05) is 18.2 Å². The van der Waals surface area contributed by atoms with E-state index in [9.17, 15) is 10.1 Å². The second-order valence-electron chi connectivity index (χ2n) is 7.03. The molecule has 2 aliphatic rings. The van der Waals surface area contributed by atoms with Gasteiger partial charge in [0.25, 0.3) is 0 Å². The zero-order chi connectivity index (χ0) is 17.0. The van der Waals surface area contributed by atoms with E-state index in [1.165, 1.54) is 0 Å².